The minimum Gasteiger partial charge on any atom is -0.462 e. The molecule has 0 aliphatic carbocycles. The van der Waals surface area contributed by atoms with Gasteiger partial charge in [0.25, 0.3) is 0 Å². The number of Topliss-reactive ketones (excluding diaryl/α,β-unsaturated/α-hetero) is 1. The molecule has 0 spiro atoms. The molecule has 0 fully saturated rings. The second kappa shape index (κ2) is 5.10. The maximum Gasteiger partial charge on any atom is 0.338 e. The van der Waals surface area contributed by atoms with Gasteiger partial charge in [-0.25, -0.2) is 4.79 Å². The monoisotopic (exact) mass is 236 g/mol. The second-order valence-electron chi connectivity index (χ2n) is 4.19. The van der Waals surface area contributed by atoms with Crippen LogP contribution in [0.25, 0.3) is 0 Å². The molecule has 1 aromatic carbocycles. The molecule has 92 valence electrons. The highest BCUT2D eigenvalue weighted by Gasteiger charge is 2.25. The van der Waals surface area contributed by atoms with Gasteiger partial charge in [-0.3, -0.25) is 4.79 Å². The van der Waals surface area contributed by atoms with E-state index in [0.29, 0.717) is 17.7 Å². The maximum atomic E-state index is 11.7. The predicted octanol–water partition coefficient (Wildman–Crippen LogP) is 1.82. The molecule has 0 aliphatic rings. The normalized spacial score (nSPS) is 11.1. The van der Waals surface area contributed by atoms with E-state index in [1.54, 1.807) is 6.92 Å². The first-order valence-electron chi connectivity index (χ1n) is 5.40. The molecule has 1 N–H and O–H groups in total. The van der Waals surface area contributed by atoms with Gasteiger partial charge in [0.05, 0.1) is 12.2 Å². The fourth-order valence-electron chi connectivity index (χ4n) is 1.33. The van der Waals surface area contributed by atoms with Crippen LogP contribution in [0.5, 0.6) is 0 Å². The molecule has 0 saturated heterocycles. The van der Waals surface area contributed by atoms with Crippen molar-refractivity contribution in [3.05, 3.63) is 35.4 Å². The summed E-state index contributed by atoms with van der Waals surface area (Å²) in [5.41, 5.74) is -0.657. The summed E-state index contributed by atoms with van der Waals surface area (Å²) in [5, 5.41) is 9.56. The van der Waals surface area contributed by atoms with E-state index in [0.717, 1.165) is 0 Å². The summed E-state index contributed by atoms with van der Waals surface area (Å²) in [6.45, 7) is 4.89. The number of rotatable bonds is 4. The first-order chi connectivity index (χ1) is 7.86. The fraction of sp³-hybridized carbons (Fsp3) is 0.385. The molecule has 1 aromatic rings. The van der Waals surface area contributed by atoms with Crippen LogP contribution < -0.4 is 0 Å². The lowest BCUT2D eigenvalue weighted by Crippen LogP contribution is -2.31. The Balaban J connectivity index is 2.89. The Morgan fingerprint density at radius 1 is 1.18 bits per heavy atom. The van der Waals surface area contributed by atoms with E-state index >= 15 is 0 Å². The van der Waals surface area contributed by atoms with Crippen LogP contribution in [0.1, 0.15) is 41.5 Å². The number of ether oxygens (including phenoxy) is 1. The van der Waals surface area contributed by atoms with Crippen LogP contribution in [0, 0.1) is 0 Å². The molecule has 17 heavy (non-hydrogen) atoms. The average molecular weight is 236 g/mol. The number of carbonyl (C=O) groups is 2. The van der Waals surface area contributed by atoms with Crippen LogP contribution >= 0.6 is 0 Å². The van der Waals surface area contributed by atoms with Crippen molar-refractivity contribution < 1.29 is 19.4 Å². The van der Waals surface area contributed by atoms with Gasteiger partial charge in [0.15, 0.2) is 5.78 Å². The van der Waals surface area contributed by atoms with Gasteiger partial charge in [-0.1, -0.05) is 12.1 Å². The molecule has 0 radical (unpaired) electrons. The zero-order valence-corrected chi connectivity index (χ0v) is 10.2. The maximum absolute atomic E-state index is 11.7. The second-order valence-corrected chi connectivity index (χ2v) is 4.19. The zero-order valence-electron chi connectivity index (χ0n) is 10.2. The summed E-state index contributed by atoms with van der Waals surface area (Å²) >= 11 is 0. The van der Waals surface area contributed by atoms with Gasteiger partial charge < -0.3 is 9.84 Å². The van der Waals surface area contributed by atoms with Crippen LogP contribution in [0.4, 0.5) is 0 Å². The molecule has 4 nitrogen and oxygen atoms in total. The van der Waals surface area contributed by atoms with E-state index in [4.69, 9.17) is 4.74 Å². The van der Waals surface area contributed by atoms with Gasteiger partial charge in [-0.05, 0) is 32.9 Å². The summed E-state index contributed by atoms with van der Waals surface area (Å²) in [6.07, 6.45) is 0. The lowest BCUT2D eigenvalue weighted by Gasteiger charge is -2.15. The summed E-state index contributed by atoms with van der Waals surface area (Å²) in [4.78, 5) is 23.1. The lowest BCUT2D eigenvalue weighted by atomic mass is 9.96. The van der Waals surface area contributed by atoms with Crippen molar-refractivity contribution in [2.24, 2.45) is 0 Å². The number of benzene rings is 1. The van der Waals surface area contributed by atoms with Gasteiger partial charge in [0, 0.05) is 5.56 Å². The molecule has 1 rings (SSSR count). The minimum atomic E-state index is -1.41. The molecule has 4 heteroatoms. The van der Waals surface area contributed by atoms with Crippen LogP contribution in [-0.4, -0.2) is 29.1 Å². The van der Waals surface area contributed by atoms with E-state index in [1.165, 1.54) is 38.1 Å². The Morgan fingerprint density at radius 2 is 1.65 bits per heavy atom. The van der Waals surface area contributed by atoms with Gasteiger partial charge in [-0.15, -0.1) is 0 Å². The van der Waals surface area contributed by atoms with E-state index in [-0.39, 0.29) is 5.78 Å². The third kappa shape index (κ3) is 3.39. The molecule has 0 aliphatic heterocycles. The number of ketones is 1. The smallest absolute Gasteiger partial charge is 0.338 e. The molecule has 0 bridgehead atoms. The Labute approximate surface area is 100 Å². The topological polar surface area (TPSA) is 63.6 Å². The quantitative estimate of drug-likeness (QED) is 0.639. The van der Waals surface area contributed by atoms with Crippen molar-refractivity contribution in [3.63, 3.8) is 0 Å². The van der Waals surface area contributed by atoms with Gasteiger partial charge in [0.1, 0.15) is 5.60 Å². The van der Waals surface area contributed by atoms with E-state index in [1.807, 2.05) is 0 Å². The van der Waals surface area contributed by atoms with Crippen molar-refractivity contribution >= 4 is 11.8 Å². The Kier molecular flexibility index (Phi) is 4.02. The highest BCUT2D eigenvalue weighted by Crippen LogP contribution is 2.14. The Bertz CT molecular complexity index is 412. The minimum absolute atomic E-state index is 0.309. The van der Waals surface area contributed by atoms with Crippen LogP contribution in [0.15, 0.2) is 24.3 Å². The molecule has 0 atom stereocenters. The SMILES string of the molecule is CCOC(=O)c1ccc(C(=O)C(C)(C)O)cc1. The standard InChI is InChI=1S/C13H16O4/c1-4-17-12(15)10-7-5-9(6-8-10)11(14)13(2,3)16/h5-8,16H,4H2,1-3H3. The molecule has 0 heterocycles. The van der Waals surface area contributed by atoms with Crippen LogP contribution in [0.3, 0.4) is 0 Å². The van der Waals surface area contributed by atoms with Crippen molar-refractivity contribution in [2.75, 3.05) is 6.61 Å². The number of esters is 1. The van der Waals surface area contributed by atoms with Gasteiger partial charge in [-0.2, -0.15) is 0 Å². The third-order valence-corrected chi connectivity index (χ3v) is 2.21. The first kappa shape index (κ1) is 13.4. The number of carbonyl (C=O) groups excluding carboxylic acids is 2. The van der Waals surface area contributed by atoms with Crippen molar-refractivity contribution in [1.82, 2.24) is 0 Å². The van der Waals surface area contributed by atoms with Crippen molar-refractivity contribution in [1.29, 1.82) is 0 Å². The highest BCUT2D eigenvalue weighted by atomic mass is 16.5. The highest BCUT2D eigenvalue weighted by molar-refractivity contribution is 6.02. The average Bonchev–Trinajstić information content (AvgIpc) is 2.27. The predicted molar refractivity (Wildman–Crippen MR) is 63.0 cm³/mol. The lowest BCUT2D eigenvalue weighted by molar-refractivity contribution is 0.0486. The number of aliphatic hydroxyl groups is 1. The largest absolute Gasteiger partial charge is 0.462 e. The fourth-order valence-corrected chi connectivity index (χ4v) is 1.33. The van der Waals surface area contributed by atoms with Gasteiger partial charge >= 0.3 is 5.97 Å². The summed E-state index contributed by atoms with van der Waals surface area (Å²) in [6, 6.07) is 6.03. The summed E-state index contributed by atoms with van der Waals surface area (Å²) < 4.78 is 4.82. The summed E-state index contributed by atoms with van der Waals surface area (Å²) in [5.74, 6) is -0.803. The third-order valence-electron chi connectivity index (χ3n) is 2.21. The van der Waals surface area contributed by atoms with Crippen molar-refractivity contribution in [2.45, 2.75) is 26.4 Å². The van der Waals surface area contributed by atoms with Crippen molar-refractivity contribution in [3.8, 4) is 0 Å². The van der Waals surface area contributed by atoms with Crippen LogP contribution in [0.2, 0.25) is 0 Å². The Morgan fingerprint density at radius 3 is 2.06 bits per heavy atom. The summed E-state index contributed by atoms with van der Waals surface area (Å²) in [7, 11) is 0. The van der Waals surface area contributed by atoms with E-state index < -0.39 is 11.6 Å². The molecule has 0 aromatic heterocycles. The van der Waals surface area contributed by atoms with Crippen LogP contribution in [-0.2, 0) is 4.74 Å². The van der Waals surface area contributed by atoms with E-state index in [2.05, 4.69) is 0 Å². The molecule has 0 amide bonds. The number of hydrogen-bond donors (Lipinski definition) is 1. The van der Waals surface area contributed by atoms with E-state index in [9.17, 15) is 14.7 Å². The molecule has 0 saturated carbocycles. The molecule has 0 unspecified atom stereocenters. The molecular formula is C13H16O4. The Hall–Kier alpha value is -1.68. The van der Waals surface area contributed by atoms with Gasteiger partial charge in [0.2, 0.25) is 0 Å². The zero-order chi connectivity index (χ0) is 13.1. The first-order valence-corrected chi connectivity index (χ1v) is 5.40. The molecular weight excluding hydrogens is 220 g/mol. The number of hydrogen-bond acceptors (Lipinski definition) is 4.